The van der Waals surface area contributed by atoms with E-state index in [-0.39, 0.29) is 23.7 Å². The summed E-state index contributed by atoms with van der Waals surface area (Å²) >= 11 is 0. The zero-order valence-corrected chi connectivity index (χ0v) is 15.3. The van der Waals surface area contributed by atoms with Gasteiger partial charge in [0.25, 0.3) is 0 Å². The highest BCUT2D eigenvalue weighted by Gasteiger charge is 2.33. The van der Waals surface area contributed by atoms with Crippen LogP contribution in [0.1, 0.15) is 29.5 Å². The van der Waals surface area contributed by atoms with Crippen molar-refractivity contribution in [2.45, 2.75) is 20.3 Å². The quantitative estimate of drug-likeness (QED) is 0.774. The maximum atomic E-state index is 12.3. The van der Waals surface area contributed by atoms with Crippen LogP contribution in [-0.2, 0) is 14.6 Å². The van der Waals surface area contributed by atoms with Gasteiger partial charge in [-0.1, -0.05) is 0 Å². The van der Waals surface area contributed by atoms with Crippen LogP contribution in [0.3, 0.4) is 0 Å². The highest BCUT2D eigenvalue weighted by Crippen LogP contribution is 2.28. The molecule has 26 heavy (non-hydrogen) atoms. The number of hydrazine groups is 1. The lowest BCUT2D eigenvalue weighted by Gasteiger charge is -2.09. The van der Waals surface area contributed by atoms with E-state index in [9.17, 15) is 18.0 Å². The molecule has 1 fully saturated rings. The van der Waals surface area contributed by atoms with Crippen LogP contribution in [0.2, 0.25) is 0 Å². The second-order valence-electron chi connectivity index (χ2n) is 6.19. The predicted octanol–water partition coefficient (Wildman–Crippen LogP) is 1.34. The Hall–Kier alpha value is -2.55. The van der Waals surface area contributed by atoms with Gasteiger partial charge >= 0.3 is 5.91 Å². The molecule has 0 spiro atoms. The molecule has 1 aliphatic rings. The molecule has 1 aromatic carbocycles. The smallest absolute Gasteiger partial charge is 0.305 e. The van der Waals surface area contributed by atoms with E-state index in [0.29, 0.717) is 23.5 Å². The molecular weight excluding hydrogens is 360 g/mol. The Kier molecular flexibility index (Phi) is 4.90. The molecule has 140 valence electrons. The predicted molar refractivity (Wildman–Crippen MR) is 94.5 cm³/mol. The number of carbonyl (C=O) groups excluding carboxylic acids is 2. The topological polar surface area (TPSA) is 115 Å². The van der Waals surface area contributed by atoms with Crippen LogP contribution in [0.25, 0.3) is 11.0 Å². The first-order valence-electron chi connectivity index (χ1n) is 8.27. The zero-order valence-electron chi connectivity index (χ0n) is 14.5. The van der Waals surface area contributed by atoms with Gasteiger partial charge in [-0.2, -0.15) is 0 Å². The lowest BCUT2D eigenvalue weighted by atomic mass is 10.1. The van der Waals surface area contributed by atoms with Gasteiger partial charge in [0.1, 0.15) is 11.3 Å². The van der Waals surface area contributed by atoms with E-state index in [0.717, 1.165) is 5.39 Å². The average Bonchev–Trinajstić information content (AvgIpc) is 3.13. The number of nitrogens with one attached hydrogen (secondary N) is 2. The Morgan fingerprint density at radius 3 is 2.73 bits per heavy atom. The number of aryl methyl sites for hydroxylation is 1. The third-order valence-electron chi connectivity index (χ3n) is 4.33. The fourth-order valence-corrected chi connectivity index (χ4v) is 4.69. The summed E-state index contributed by atoms with van der Waals surface area (Å²) < 4.78 is 33.9. The molecule has 1 saturated heterocycles. The number of amides is 2. The molecule has 2 heterocycles. The number of carbonyl (C=O) groups is 2. The van der Waals surface area contributed by atoms with Gasteiger partial charge in [-0.25, -0.2) is 8.42 Å². The van der Waals surface area contributed by atoms with Crippen LogP contribution >= 0.6 is 0 Å². The Bertz CT molecular complexity index is 963. The van der Waals surface area contributed by atoms with Crippen molar-refractivity contribution in [1.29, 1.82) is 0 Å². The fourth-order valence-electron chi connectivity index (χ4n) is 2.95. The molecule has 2 amide bonds. The van der Waals surface area contributed by atoms with E-state index >= 15 is 0 Å². The first-order valence-corrected chi connectivity index (χ1v) is 10.1. The maximum absolute atomic E-state index is 12.3. The molecule has 0 bridgehead atoms. The summed E-state index contributed by atoms with van der Waals surface area (Å²) in [7, 11) is -3.17. The Morgan fingerprint density at radius 2 is 2.08 bits per heavy atom. The van der Waals surface area contributed by atoms with E-state index < -0.39 is 27.6 Å². The molecule has 1 aromatic heterocycles. The molecule has 1 aliphatic heterocycles. The number of rotatable bonds is 4. The van der Waals surface area contributed by atoms with Crippen LogP contribution in [-0.4, -0.2) is 38.3 Å². The van der Waals surface area contributed by atoms with Crippen LogP contribution in [0.5, 0.6) is 5.75 Å². The summed E-state index contributed by atoms with van der Waals surface area (Å²) in [5.41, 5.74) is 5.72. The molecule has 8 nitrogen and oxygen atoms in total. The van der Waals surface area contributed by atoms with Gasteiger partial charge in [0, 0.05) is 10.9 Å². The molecule has 9 heteroatoms. The van der Waals surface area contributed by atoms with Crippen LogP contribution in [0.15, 0.2) is 22.6 Å². The second-order valence-corrected chi connectivity index (χ2v) is 8.42. The van der Waals surface area contributed by atoms with Crippen molar-refractivity contribution in [2.75, 3.05) is 18.1 Å². The number of hydrogen-bond donors (Lipinski definition) is 2. The van der Waals surface area contributed by atoms with Crippen LogP contribution in [0, 0.1) is 12.8 Å². The third-order valence-corrected chi connectivity index (χ3v) is 6.10. The number of benzene rings is 1. The van der Waals surface area contributed by atoms with Gasteiger partial charge in [0.2, 0.25) is 5.91 Å². The molecule has 2 N–H and O–H groups in total. The van der Waals surface area contributed by atoms with Crippen molar-refractivity contribution in [3.05, 3.63) is 29.5 Å². The van der Waals surface area contributed by atoms with E-state index in [2.05, 4.69) is 10.9 Å². The zero-order chi connectivity index (χ0) is 18.9. The summed E-state index contributed by atoms with van der Waals surface area (Å²) in [5, 5.41) is 0.745. The SMILES string of the molecule is CCOc1ccc2oc(C(=O)NNC(=O)[C@@H]3CCS(=O)(=O)C3)c(C)c2c1. The van der Waals surface area contributed by atoms with Gasteiger partial charge in [-0.3, -0.25) is 20.4 Å². The molecule has 0 radical (unpaired) electrons. The lowest BCUT2D eigenvalue weighted by Crippen LogP contribution is -2.44. The normalized spacial score (nSPS) is 18.6. The molecular formula is C17H20N2O6S. The highest BCUT2D eigenvalue weighted by molar-refractivity contribution is 7.91. The lowest BCUT2D eigenvalue weighted by molar-refractivity contribution is -0.125. The Labute approximate surface area is 150 Å². The van der Waals surface area contributed by atoms with Gasteiger partial charge < -0.3 is 9.15 Å². The van der Waals surface area contributed by atoms with Crippen molar-refractivity contribution >= 4 is 32.6 Å². The minimum absolute atomic E-state index is 0.0100. The molecule has 2 aromatic rings. The highest BCUT2D eigenvalue weighted by atomic mass is 32.2. The first kappa shape index (κ1) is 18.2. The minimum Gasteiger partial charge on any atom is -0.494 e. The van der Waals surface area contributed by atoms with E-state index in [1.54, 1.807) is 25.1 Å². The molecule has 1 atom stereocenters. The van der Waals surface area contributed by atoms with Crippen LogP contribution < -0.4 is 15.6 Å². The summed E-state index contributed by atoms with van der Waals surface area (Å²) in [6, 6.07) is 5.25. The Balaban J connectivity index is 1.70. The van der Waals surface area contributed by atoms with Crippen molar-refractivity contribution in [1.82, 2.24) is 10.9 Å². The number of ether oxygens (including phenoxy) is 1. The molecule has 0 aliphatic carbocycles. The first-order chi connectivity index (χ1) is 12.3. The van der Waals surface area contributed by atoms with E-state index in [4.69, 9.17) is 9.15 Å². The van der Waals surface area contributed by atoms with Gasteiger partial charge in [0.15, 0.2) is 15.6 Å². The Morgan fingerprint density at radius 1 is 1.31 bits per heavy atom. The number of furan rings is 1. The summed E-state index contributed by atoms with van der Waals surface area (Å²) in [4.78, 5) is 24.3. The molecule has 0 unspecified atom stereocenters. The monoisotopic (exact) mass is 380 g/mol. The van der Waals surface area contributed by atoms with Gasteiger partial charge in [-0.15, -0.1) is 0 Å². The molecule has 3 rings (SSSR count). The number of hydrogen-bond acceptors (Lipinski definition) is 6. The molecule has 0 saturated carbocycles. The average molecular weight is 380 g/mol. The van der Waals surface area contributed by atoms with Crippen molar-refractivity contribution in [3.63, 3.8) is 0 Å². The largest absolute Gasteiger partial charge is 0.494 e. The number of fused-ring (bicyclic) bond motifs is 1. The van der Waals surface area contributed by atoms with E-state index in [1.807, 2.05) is 6.92 Å². The van der Waals surface area contributed by atoms with Crippen molar-refractivity contribution < 1.29 is 27.2 Å². The number of sulfone groups is 1. The maximum Gasteiger partial charge on any atom is 0.305 e. The third kappa shape index (κ3) is 3.67. The van der Waals surface area contributed by atoms with Crippen molar-refractivity contribution in [2.24, 2.45) is 5.92 Å². The minimum atomic E-state index is -3.17. The van der Waals surface area contributed by atoms with Gasteiger partial charge in [-0.05, 0) is 38.5 Å². The summed E-state index contributed by atoms with van der Waals surface area (Å²) in [6.07, 6.45) is 0.258. The second kappa shape index (κ2) is 6.99. The van der Waals surface area contributed by atoms with E-state index in [1.165, 1.54) is 0 Å². The van der Waals surface area contributed by atoms with Gasteiger partial charge in [0.05, 0.1) is 24.0 Å². The fraction of sp³-hybridized carbons (Fsp3) is 0.412. The standard InChI is InChI=1S/C17H20N2O6S/c1-3-24-12-4-5-14-13(8-12)10(2)15(25-14)17(21)19-18-16(20)11-6-7-26(22,23)9-11/h4-5,8,11H,3,6-7,9H2,1-2H3,(H,18,20)(H,19,21)/t11-/m1/s1. The summed E-state index contributed by atoms with van der Waals surface area (Å²) in [5.74, 6) is -1.23. The van der Waals surface area contributed by atoms with Crippen molar-refractivity contribution in [3.8, 4) is 5.75 Å². The summed E-state index contributed by atoms with van der Waals surface area (Å²) in [6.45, 7) is 4.14. The van der Waals surface area contributed by atoms with Crippen LogP contribution in [0.4, 0.5) is 0 Å².